The number of aliphatic hydroxyl groups excluding tert-OH is 1. The number of aliphatic hydroxyl groups is 1. The fraction of sp³-hybridized carbons (Fsp3) is 0.238. The molecule has 1 amide bonds. The van der Waals surface area contributed by atoms with Crippen molar-refractivity contribution in [2.75, 3.05) is 6.61 Å². The highest BCUT2D eigenvalue weighted by molar-refractivity contribution is 6.02. The number of fused-ring (bicyclic) bond motifs is 2. The largest absolute Gasteiger partial charge is 0.454 e. The number of hydrogen-bond acceptors (Lipinski definition) is 4. The number of carbonyl (C=O) groups is 1. The molecule has 144 valence electrons. The molecule has 0 saturated carbocycles. The van der Waals surface area contributed by atoms with Crippen LogP contribution in [0.3, 0.4) is 0 Å². The summed E-state index contributed by atoms with van der Waals surface area (Å²) in [5, 5.41) is 20.2. The van der Waals surface area contributed by atoms with Gasteiger partial charge in [0.15, 0.2) is 5.76 Å². The number of rotatable bonds is 5. The topological polar surface area (TPSA) is 91.2 Å². The van der Waals surface area contributed by atoms with Gasteiger partial charge in [-0.15, -0.1) is 0 Å². The van der Waals surface area contributed by atoms with Crippen molar-refractivity contribution < 1.29 is 18.7 Å². The van der Waals surface area contributed by atoms with Crippen LogP contribution < -0.4 is 5.32 Å². The van der Waals surface area contributed by atoms with Gasteiger partial charge in [0, 0.05) is 5.39 Å². The summed E-state index contributed by atoms with van der Waals surface area (Å²) >= 11 is 0. The number of amides is 1. The third-order valence-corrected chi connectivity index (χ3v) is 4.89. The quantitative estimate of drug-likeness (QED) is 0.490. The smallest absolute Gasteiger partial charge is 0.254 e. The van der Waals surface area contributed by atoms with Crippen molar-refractivity contribution in [2.45, 2.75) is 19.9 Å². The molecule has 1 unspecified atom stereocenters. The number of nitrogens with one attached hydrogen (secondary N) is 2. The minimum Gasteiger partial charge on any atom is -0.454 e. The van der Waals surface area contributed by atoms with Crippen molar-refractivity contribution in [3.05, 3.63) is 53.8 Å². The lowest BCUT2D eigenvalue weighted by Crippen LogP contribution is -2.41. The predicted octanol–water partition coefficient (Wildman–Crippen LogP) is 3.86. The second-order valence-electron chi connectivity index (χ2n) is 7.08. The van der Waals surface area contributed by atoms with E-state index in [-0.39, 0.29) is 23.5 Å². The van der Waals surface area contributed by atoms with E-state index in [1.165, 1.54) is 6.07 Å². The lowest BCUT2D eigenvalue weighted by molar-refractivity contribution is 0.0893. The summed E-state index contributed by atoms with van der Waals surface area (Å²) in [6.45, 7) is 3.52. The molecule has 0 spiro atoms. The molecule has 1 atom stereocenters. The predicted molar refractivity (Wildman–Crippen MR) is 104 cm³/mol. The summed E-state index contributed by atoms with van der Waals surface area (Å²) in [5.41, 5.74) is 1.34. The zero-order valence-corrected chi connectivity index (χ0v) is 15.5. The Balaban J connectivity index is 1.78. The molecule has 0 bridgehead atoms. The minimum absolute atomic E-state index is 0.0146. The molecule has 0 aliphatic carbocycles. The average molecular weight is 381 g/mol. The van der Waals surface area contributed by atoms with Gasteiger partial charge in [-0.1, -0.05) is 32.0 Å². The van der Waals surface area contributed by atoms with Crippen LogP contribution in [0.4, 0.5) is 4.39 Å². The molecule has 2 aromatic heterocycles. The van der Waals surface area contributed by atoms with Gasteiger partial charge in [0.1, 0.15) is 17.1 Å². The zero-order valence-electron chi connectivity index (χ0n) is 15.5. The van der Waals surface area contributed by atoms with Gasteiger partial charge in [-0.3, -0.25) is 9.89 Å². The molecule has 0 saturated heterocycles. The Morgan fingerprint density at radius 3 is 2.79 bits per heavy atom. The van der Waals surface area contributed by atoms with Crippen LogP contribution in [-0.4, -0.2) is 33.9 Å². The maximum atomic E-state index is 15.3. The first-order valence-electron chi connectivity index (χ1n) is 9.07. The maximum absolute atomic E-state index is 15.3. The maximum Gasteiger partial charge on any atom is 0.254 e. The molecule has 0 aliphatic rings. The second-order valence-corrected chi connectivity index (χ2v) is 7.08. The molecule has 28 heavy (non-hydrogen) atoms. The van der Waals surface area contributed by atoms with Crippen molar-refractivity contribution in [1.29, 1.82) is 0 Å². The Morgan fingerprint density at radius 2 is 2.07 bits per heavy atom. The van der Waals surface area contributed by atoms with Gasteiger partial charge < -0.3 is 14.8 Å². The lowest BCUT2D eigenvalue weighted by Gasteiger charge is -2.20. The van der Waals surface area contributed by atoms with Crippen LogP contribution in [0, 0.1) is 11.7 Å². The van der Waals surface area contributed by atoms with Gasteiger partial charge in [-0.25, -0.2) is 4.39 Å². The first-order chi connectivity index (χ1) is 13.5. The van der Waals surface area contributed by atoms with E-state index >= 15 is 4.39 Å². The summed E-state index contributed by atoms with van der Waals surface area (Å²) in [4.78, 5) is 12.6. The van der Waals surface area contributed by atoms with Crippen LogP contribution in [-0.2, 0) is 0 Å². The van der Waals surface area contributed by atoms with Gasteiger partial charge >= 0.3 is 0 Å². The number of benzene rings is 2. The number of carbonyl (C=O) groups excluding carboxylic acids is 1. The van der Waals surface area contributed by atoms with E-state index in [2.05, 4.69) is 15.5 Å². The van der Waals surface area contributed by atoms with Crippen molar-refractivity contribution in [2.24, 2.45) is 5.92 Å². The highest BCUT2D eigenvalue weighted by Gasteiger charge is 2.23. The van der Waals surface area contributed by atoms with E-state index in [0.29, 0.717) is 22.6 Å². The van der Waals surface area contributed by atoms with Gasteiger partial charge in [0.2, 0.25) is 0 Å². The number of aromatic amines is 1. The Labute approximate surface area is 160 Å². The fourth-order valence-electron chi connectivity index (χ4n) is 3.19. The van der Waals surface area contributed by atoms with Crippen LogP contribution in [0.2, 0.25) is 0 Å². The first kappa shape index (κ1) is 18.2. The number of H-pyrrole nitrogens is 1. The molecular formula is C21H20FN3O3. The molecule has 7 heteroatoms. The number of hydrogen-bond donors (Lipinski definition) is 3. The number of halogens is 1. The third-order valence-electron chi connectivity index (χ3n) is 4.89. The molecule has 0 radical (unpaired) electrons. The first-order valence-corrected chi connectivity index (χ1v) is 9.07. The molecule has 6 nitrogen and oxygen atoms in total. The van der Waals surface area contributed by atoms with E-state index in [1.807, 2.05) is 38.1 Å². The molecule has 4 rings (SSSR count). The molecular weight excluding hydrogens is 361 g/mol. The van der Waals surface area contributed by atoms with E-state index in [9.17, 15) is 9.90 Å². The van der Waals surface area contributed by atoms with Crippen LogP contribution in [0.25, 0.3) is 33.3 Å². The normalized spacial score (nSPS) is 12.8. The summed E-state index contributed by atoms with van der Waals surface area (Å²) in [6.07, 6.45) is 0. The highest BCUT2D eigenvalue weighted by atomic mass is 19.1. The van der Waals surface area contributed by atoms with Crippen LogP contribution in [0.5, 0.6) is 0 Å². The minimum atomic E-state index is -0.681. The van der Waals surface area contributed by atoms with Crippen molar-refractivity contribution in [3.8, 4) is 11.5 Å². The number of para-hydroxylation sites is 1. The molecule has 2 aromatic carbocycles. The number of aromatic nitrogens is 2. The van der Waals surface area contributed by atoms with E-state index in [0.717, 1.165) is 5.39 Å². The van der Waals surface area contributed by atoms with Gasteiger partial charge in [0.05, 0.1) is 29.1 Å². The summed E-state index contributed by atoms with van der Waals surface area (Å²) in [7, 11) is 0. The summed E-state index contributed by atoms with van der Waals surface area (Å²) in [5.74, 6) is -0.830. The Bertz CT molecular complexity index is 1130. The van der Waals surface area contributed by atoms with Crippen LogP contribution >= 0.6 is 0 Å². The van der Waals surface area contributed by atoms with Crippen molar-refractivity contribution in [1.82, 2.24) is 15.5 Å². The van der Waals surface area contributed by atoms with E-state index in [4.69, 9.17) is 4.42 Å². The standard InChI is InChI=1S/C21H20FN3O3/c1-11(2)15(10-26)23-21(27)13-7-8-14-18(19(13)22)20(25-24-14)17-9-12-5-3-4-6-16(12)28-17/h3-9,11,15,26H,10H2,1-2H3,(H,23,27)(H,24,25). The van der Waals surface area contributed by atoms with Crippen LogP contribution in [0.1, 0.15) is 24.2 Å². The number of nitrogens with zero attached hydrogens (tertiary/aromatic N) is 1. The fourth-order valence-corrected chi connectivity index (χ4v) is 3.19. The van der Waals surface area contributed by atoms with Gasteiger partial charge in [-0.05, 0) is 30.2 Å². The van der Waals surface area contributed by atoms with Crippen LogP contribution in [0.15, 0.2) is 46.9 Å². The van der Waals surface area contributed by atoms with Gasteiger partial charge in [-0.2, -0.15) is 5.10 Å². The van der Waals surface area contributed by atoms with Crippen molar-refractivity contribution >= 4 is 27.8 Å². The molecule has 2 heterocycles. The highest BCUT2D eigenvalue weighted by Crippen LogP contribution is 2.33. The summed E-state index contributed by atoms with van der Waals surface area (Å²) < 4.78 is 21.1. The van der Waals surface area contributed by atoms with Gasteiger partial charge in [0.25, 0.3) is 5.91 Å². The molecule has 4 aromatic rings. The molecule has 3 N–H and O–H groups in total. The van der Waals surface area contributed by atoms with Crippen molar-refractivity contribution in [3.63, 3.8) is 0 Å². The Morgan fingerprint density at radius 1 is 1.29 bits per heavy atom. The summed E-state index contributed by atoms with van der Waals surface area (Å²) in [6, 6.07) is 11.8. The zero-order chi connectivity index (χ0) is 19.8. The monoisotopic (exact) mass is 381 g/mol. The molecule has 0 aliphatic heterocycles. The second kappa shape index (κ2) is 7.09. The SMILES string of the molecule is CC(C)C(CO)NC(=O)c1ccc2[nH]nc(-c3cc4ccccc4o3)c2c1F. The Hall–Kier alpha value is -3.19. The number of furan rings is 1. The average Bonchev–Trinajstić information content (AvgIpc) is 3.29. The van der Waals surface area contributed by atoms with E-state index < -0.39 is 17.8 Å². The lowest BCUT2D eigenvalue weighted by atomic mass is 10.0. The van der Waals surface area contributed by atoms with E-state index in [1.54, 1.807) is 12.1 Å². The molecule has 0 fully saturated rings. The third kappa shape index (κ3) is 3.03. The Kier molecular flexibility index (Phi) is 4.60.